The first-order valence-electron chi connectivity index (χ1n) is 35.9. The van der Waals surface area contributed by atoms with Gasteiger partial charge in [0.1, 0.15) is 0 Å². The van der Waals surface area contributed by atoms with E-state index in [1.807, 2.05) is 0 Å². The normalized spacial score (nSPS) is 57.6. The van der Waals surface area contributed by atoms with E-state index in [0.717, 1.165) is 25.7 Å². The van der Waals surface area contributed by atoms with Gasteiger partial charge in [-0.25, -0.2) is 0 Å². The molecule has 10 heterocycles. The third-order valence-corrected chi connectivity index (χ3v) is 29.9. The molecule has 8 aliphatic carbocycles. The molecule has 488 valence electrons. The Bertz CT molecular complexity index is 2000. The Morgan fingerprint density at radius 2 is 0.244 bits per heavy atom. The summed E-state index contributed by atoms with van der Waals surface area (Å²) in [6.45, 7) is 0. The van der Waals surface area contributed by atoms with Crippen molar-refractivity contribution >= 4 is 46.4 Å². The van der Waals surface area contributed by atoms with Gasteiger partial charge in [0.25, 0.3) is 0 Å². The zero-order valence-corrected chi connectivity index (χ0v) is 54.1. The van der Waals surface area contributed by atoms with Gasteiger partial charge in [-0.2, -0.15) is 0 Å². The van der Waals surface area contributed by atoms with Crippen LogP contribution in [0, 0.1) is 94.7 Å². The fourth-order valence-corrected chi connectivity index (χ4v) is 25.0. The molecule has 36 atom stereocenters. The van der Waals surface area contributed by atoms with E-state index in [1.165, 1.54) is 154 Å². The van der Waals surface area contributed by atoms with Crippen molar-refractivity contribution in [1.29, 1.82) is 0 Å². The second kappa shape index (κ2) is 26.2. The fraction of sp³-hybridized carbons (Fsp3) is 1.00. The fourth-order valence-electron chi connectivity index (χ4n) is 23.8. The quantitative estimate of drug-likeness (QED) is 0.150. The molecule has 10 aliphatic heterocycles. The predicted octanol–water partition coefficient (Wildman–Crippen LogP) is 4.43. The van der Waals surface area contributed by atoms with Crippen molar-refractivity contribution in [3.8, 4) is 0 Å². The Morgan fingerprint density at radius 3 is 0.349 bits per heavy atom. The molecule has 16 bridgehead atoms. The Hall–Kier alpha value is 0.440. The molecule has 10 saturated heterocycles. The second-order valence-electron chi connectivity index (χ2n) is 31.6. The van der Waals surface area contributed by atoms with Gasteiger partial charge in [-0.3, -0.25) is 85.1 Å². The van der Waals surface area contributed by atoms with Crippen molar-refractivity contribution in [3.63, 3.8) is 0 Å². The van der Waals surface area contributed by atoms with E-state index >= 15 is 0 Å². The first kappa shape index (κ1) is 62.5. The lowest BCUT2D eigenvalue weighted by Gasteiger charge is -2.38. The van der Waals surface area contributed by atoms with Crippen molar-refractivity contribution < 1.29 is 11.0 Å². The van der Waals surface area contributed by atoms with E-state index in [4.69, 9.17) is 46.4 Å². The van der Waals surface area contributed by atoms with Crippen LogP contribution in [0.25, 0.3) is 0 Å². The van der Waals surface area contributed by atoms with Crippen LogP contribution in [0.1, 0.15) is 180 Å². The molecule has 0 aromatic carbocycles. The minimum atomic E-state index is 0. The summed E-state index contributed by atoms with van der Waals surface area (Å²) in [5.41, 5.74) is 0. The van der Waals surface area contributed by atoms with Gasteiger partial charge in [0.05, 0.1) is 120 Å². The molecule has 18 rings (SSSR count). The molecule has 8 saturated carbocycles. The lowest BCUT2D eigenvalue weighted by Crippen LogP contribution is -2.61. The number of nitrogens with one attached hydrogen (secondary N) is 16. The number of hydrogen-bond donors (Lipinski definition) is 16. The Balaban J connectivity index is 0.000000142. The molecular formula is C64H112Cl4N16O2. The van der Waals surface area contributed by atoms with Crippen molar-refractivity contribution in [3.05, 3.63) is 0 Å². The van der Waals surface area contributed by atoms with Crippen LogP contribution in [0.5, 0.6) is 0 Å². The average Bonchev–Trinajstić information content (AvgIpc) is 2.15. The van der Waals surface area contributed by atoms with Crippen molar-refractivity contribution in [1.82, 2.24) is 85.1 Å². The summed E-state index contributed by atoms with van der Waals surface area (Å²) in [6.07, 6.45) is 41.6. The predicted molar refractivity (Wildman–Crippen MR) is 342 cm³/mol. The molecule has 36 unspecified atom stereocenters. The molecule has 22 heteroatoms. The molecule has 20 N–H and O–H groups in total. The number of fused-ring (bicyclic) bond motifs is 40. The van der Waals surface area contributed by atoms with E-state index in [2.05, 4.69) is 85.1 Å². The highest BCUT2D eigenvalue weighted by Gasteiger charge is 2.59. The van der Waals surface area contributed by atoms with Crippen molar-refractivity contribution in [2.24, 2.45) is 94.7 Å². The molecule has 86 heavy (non-hydrogen) atoms. The summed E-state index contributed by atoms with van der Waals surface area (Å²) >= 11 is 27.5. The topological polar surface area (TPSA) is 255 Å². The van der Waals surface area contributed by atoms with Gasteiger partial charge in [0.15, 0.2) is 0 Å². The SMILES string of the molecule is ClC1CC2C3NC4NC(NC5NC(NC6NC(NC(N3)C2CC1Cl)C1CCCCC61)C1CCCCC51)C1CCCCC41.ClC1CC2C3NC4NC(NC5NC(NC6NC(NC(N3)C2CC1Cl)C1CCCCC61)C1CCCCC51)C1CCCCC41.O.O. The third kappa shape index (κ3) is 11.5. The zero-order chi connectivity index (χ0) is 55.9. The smallest absolute Gasteiger partial charge is 0.0629 e. The lowest BCUT2D eigenvalue weighted by molar-refractivity contribution is 0.168. The van der Waals surface area contributed by atoms with Gasteiger partial charge >= 0.3 is 0 Å². The molecule has 0 aromatic heterocycles. The largest absolute Gasteiger partial charge is 0.412 e. The minimum Gasteiger partial charge on any atom is -0.412 e. The Kier molecular flexibility index (Phi) is 19.1. The van der Waals surface area contributed by atoms with Crippen LogP contribution < -0.4 is 85.1 Å². The number of rotatable bonds is 0. The second-order valence-corrected chi connectivity index (χ2v) is 33.9. The Morgan fingerprint density at radius 1 is 0.151 bits per heavy atom. The third-order valence-electron chi connectivity index (χ3n) is 27.7. The van der Waals surface area contributed by atoms with E-state index in [9.17, 15) is 0 Å². The van der Waals surface area contributed by atoms with Gasteiger partial charge in [0.2, 0.25) is 0 Å². The molecule has 18 fully saturated rings. The molecule has 0 aromatic rings. The summed E-state index contributed by atoms with van der Waals surface area (Å²) < 4.78 is 0. The molecule has 0 amide bonds. The highest BCUT2D eigenvalue weighted by atomic mass is 35.5. The van der Waals surface area contributed by atoms with Crippen LogP contribution in [0.4, 0.5) is 0 Å². The highest BCUT2D eigenvalue weighted by molar-refractivity contribution is 6.30. The van der Waals surface area contributed by atoms with Crippen LogP contribution in [-0.2, 0) is 0 Å². The van der Waals surface area contributed by atoms with Crippen molar-refractivity contribution in [2.75, 3.05) is 0 Å². The standard InChI is InChI=1S/2C32H54Cl2N8.2H2O/c2*33-23-13-21-22(14-24(23)34)32-41-30-20-12-6-4-10-18(20)28(39-30)37-26-16-8-2-1-7-15(16)25(35-26)36-27-17-9-3-5-11-19(17)29(38-27)40-31(21)42-32;;/h2*15-32,35-42H,1-14H2;2*1H2. The van der Waals surface area contributed by atoms with Crippen LogP contribution in [-0.4, -0.2) is 131 Å². The number of hydrogen-bond acceptors (Lipinski definition) is 16. The minimum absolute atomic E-state index is 0. The summed E-state index contributed by atoms with van der Waals surface area (Å²) in [6, 6.07) is 0. The van der Waals surface area contributed by atoms with E-state index < -0.39 is 0 Å². The van der Waals surface area contributed by atoms with Crippen molar-refractivity contribution in [2.45, 2.75) is 300 Å². The molecule has 0 radical (unpaired) electrons. The van der Waals surface area contributed by atoms with Crippen LogP contribution >= 0.6 is 46.4 Å². The van der Waals surface area contributed by atoms with Crippen LogP contribution in [0.15, 0.2) is 0 Å². The Labute approximate surface area is 534 Å². The van der Waals surface area contributed by atoms with Gasteiger partial charge in [-0.1, -0.05) is 77.0 Å². The van der Waals surface area contributed by atoms with Gasteiger partial charge < -0.3 is 11.0 Å². The van der Waals surface area contributed by atoms with Gasteiger partial charge in [-0.15, -0.1) is 46.4 Å². The van der Waals surface area contributed by atoms with Crippen LogP contribution in [0.2, 0.25) is 0 Å². The van der Waals surface area contributed by atoms with Crippen LogP contribution in [0.3, 0.4) is 0 Å². The lowest BCUT2D eigenvalue weighted by atomic mass is 9.76. The number of halogens is 4. The zero-order valence-electron chi connectivity index (χ0n) is 51.1. The monoisotopic (exact) mass is 1280 g/mol. The maximum absolute atomic E-state index is 6.88. The summed E-state index contributed by atoms with van der Waals surface area (Å²) in [4.78, 5) is 0. The van der Waals surface area contributed by atoms with E-state index in [0.29, 0.717) is 169 Å². The van der Waals surface area contributed by atoms with Gasteiger partial charge in [-0.05, 0) is 197 Å². The maximum Gasteiger partial charge on any atom is 0.0629 e. The molecule has 18 nitrogen and oxygen atoms in total. The maximum atomic E-state index is 6.88. The molecule has 0 spiro atoms. The summed E-state index contributed by atoms with van der Waals surface area (Å²) in [7, 11) is 0. The number of alkyl halides is 4. The summed E-state index contributed by atoms with van der Waals surface area (Å²) in [5.74, 6) is 10.3. The molecule has 18 aliphatic rings. The van der Waals surface area contributed by atoms with Gasteiger partial charge in [0, 0.05) is 0 Å². The average molecular weight is 1280 g/mol. The molecular weight excluding hydrogens is 1170 g/mol. The highest BCUT2D eigenvalue weighted by Crippen LogP contribution is 2.50. The first-order chi connectivity index (χ1) is 41.2. The van der Waals surface area contributed by atoms with E-state index in [1.54, 1.807) is 0 Å². The first-order valence-corrected chi connectivity index (χ1v) is 37.7. The summed E-state index contributed by atoms with van der Waals surface area (Å²) in [5, 5.41) is 67.1. The van der Waals surface area contributed by atoms with E-state index in [-0.39, 0.29) is 57.1 Å².